The third-order valence-electron chi connectivity index (χ3n) is 17.3. The average Bonchev–Trinajstić information content (AvgIpc) is 4.01. The number of carbonyl (C=O) groups is 2. The molecule has 408 valence electrons. The minimum absolute atomic E-state index is 0.000162. The molecule has 4 aromatic heterocycles. The predicted octanol–water partition coefficient (Wildman–Crippen LogP) is 15.2. The molecular weight excluding hydrogens is 1140 g/mol. The Kier molecular flexibility index (Phi) is 12.7. The molecule has 2 unspecified atom stereocenters. The van der Waals surface area contributed by atoms with Crippen molar-refractivity contribution < 1.29 is 47.1 Å². The van der Waals surface area contributed by atoms with Crippen LogP contribution in [0.3, 0.4) is 0 Å². The number of rotatable bonds is 15. The third-order valence-corrected chi connectivity index (χ3v) is 20.8. The van der Waals surface area contributed by atoms with Gasteiger partial charge in [-0.2, -0.15) is 0 Å². The van der Waals surface area contributed by atoms with E-state index in [4.69, 9.17) is 64.9 Å². The zero-order valence-electron chi connectivity index (χ0n) is 42.2. The Hall–Kier alpha value is -5.44. The molecular formula is C57H48Cl4F2N6O8S2. The van der Waals surface area contributed by atoms with E-state index in [0.29, 0.717) is 68.0 Å². The number of thiazole rings is 2. The largest absolute Gasteiger partial charge is 0.478 e. The Morgan fingerprint density at radius 3 is 1.92 bits per heavy atom. The summed E-state index contributed by atoms with van der Waals surface area (Å²) in [5.41, 5.74) is 4.92. The standard InChI is InChI=1S/C57H48Cl4F2N6O8S2/c1-25-16-57(24-69(25)55-65-49-40(63)12-28(53(72)73)14-42(49)79-55)19-30(20-57)74-21-34-47(67-76-50(34)26-5-6-26)44-38(60)8-7-31(45(44)61)32-15-33(32)51-35(46(66-77-51)43-36(58)3-2-4-37(43)59)22-75-29-17-56(18-29)9-10-68(23-56)54-64-48-39(62)11-27(52(70)71)13-41(48)78-54/h2-4,7-8,11-14,25-26,29-30,32-33H,5-6,9-10,15-24H2,1H3,(H,70,71)(H,72,73)/t25-,29?,30?,32?,33?,56?,57?/m1/s1. The van der Waals surface area contributed by atoms with Gasteiger partial charge in [0, 0.05) is 59.8 Å². The molecule has 22 heteroatoms. The van der Waals surface area contributed by atoms with Crippen molar-refractivity contribution in [2.45, 2.75) is 114 Å². The van der Waals surface area contributed by atoms with E-state index in [2.05, 4.69) is 37.0 Å². The molecule has 0 amide bonds. The van der Waals surface area contributed by atoms with Crippen LogP contribution in [0.25, 0.3) is 42.9 Å². The number of anilines is 2. The highest BCUT2D eigenvalue weighted by atomic mass is 35.5. The number of halogens is 6. The molecule has 4 aliphatic carbocycles. The molecule has 14 nitrogen and oxygen atoms in total. The van der Waals surface area contributed by atoms with Gasteiger partial charge in [-0.05, 0) is 129 Å². The molecule has 2 spiro atoms. The summed E-state index contributed by atoms with van der Waals surface area (Å²) in [6, 6.07) is 14.3. The molecule has 0 radical (unpaired) electrons. The van der Waals surface area contributed by atoms with Crippen LogP contribution < -0.4 is 9.80 Å². The first-order valence-electron chi connectivity index (χ1n) is 26.3. The van der Waals surface area contributed by atoms with Crippen molar-refractivity contribution in [2.75, 3.05) is 29.4 Å². The van der Waals surface area contributed by atoms with E-state index in [-0.39, 0.29) is 82.2 Å². The van der Waals surface area contributed by atoms with Crippen molar-refractivity contribution in [2.24, 2.45) is 10.8 Å². The quantitative estimate of drug-likeness (QED) is 0.0991. The molecule has 2 saturated heterocycles. The van der Waals surface area contributed by atoms with Gasteiger partial charge in [0.25, 0.3) is 0 Å². The lowest BCUT2D eigenvalue weighted by atomic mass is 9.65. The number of hydrogen-bond acceptors (Lipinski definition) is 14. The topological polar surface area (TPSA) is 177 Å². The number of benzene rings is 4. The molecule has 6 heterocycles. The van der Waals surface area contributed by atoms with Gasteiger partial charge in [0.15, 0.2) is 21.9 Å². The van der Waals surface area contributed by atoms with Gasteiger partial charge in [-0.25, -0.2) is 28.3 Å². The maximum atomic E-state index is 14.9. The minimum atomic E-state index is -1.18. The van der Waals surface area contributed by atoms with Crippen molar-refractivity contribution in [1.29, 1.82) is 0 Å². The normalized spacial score (nSPS) is 25.3. The number of hydrogen-bond donors (Lipinski definition) is 2. The lowest BCUT2D eigenvalue weighted by Crippen LogP contribution is -2.44. The molecule has 4 aromatic carbocycles. The second kappa shape index (κ2) is 19.4. The molecule has 6 fully saturated rings. The van der Waals surface area contributed by atoms with Gasteiger partial charge in [0.05, 0.1) is 66.0 Å². The molecule has 8 aromatic rings. The van der Waals surface area contributed by atoms with Crippen LogP contribution in [-0.2, 0) is 22.7 Å². The van der Waals surface area contributed by atoms with E-state index >= 15 is 0 Å². The van der Waals surface area contributed by atoms with E-state index < -0.39 is 23.6 Å². The summed E-state index contributed by atoms with van der Waals surface area (Å²) < 4.78 is 56.6. The molecule has 2 aliphatic heterocycles. The zero-order chi connectivity index (χ0) is 54.4. The number of carboxylic acids is 2. The highest BCUT2D eigenvalue weighted by Crippen LogP contribution is 2.61. The minimum Gasteiger partial charge on any atom is -0.478 e. The smallest absolute Gasteiger partial charge is 0.335 e. The van der Waals surface area contributed by atoms with Crippen LogP contribution in [0.4, 0.5) is 19.0 Å². The van der Waals surface area contributed by atoms with Crippen molar-refractivity contribution in [3.05, 3.63) is 126 Å². The van der Waals surface area contributed by atoms with Gasteiger partial charge in [0.2, 0.25) is 0 Å². The first kappa shape index (κ1) is 51.7. The van der Waals surface area contributed by atoms with Gasteiger partial charge in [-0.1, -0.05) is 91.5 Å². The fourth-order valence-electron chi connectivity index (χ4n) is 13.1. The van der Waals surface area contributed by atoms with Gasteiger partial charge >= 0.3 is 11.9 Å². The lowest BCUT2D eigenvalue weighted by molar-refractivity contribution is -0.0805. The van der Waals surface area contributed by atoms with Crippen LogP contribution in [0.1, 0.15) is 131 Å². The van der Waals surface area contributed by atoms with Crippen LogP contribution in [0, 0.1) is 22.5 Å². The Morgan fingerprint density at radius 1 is 0.722 bits per heavy atom. The third kappa shape index (κ3) is 9.07. The number of nitrogens with zero attached hydrogens (tertiary/aromatic N) is 6. The molecule has 79 heavy (non-hydrogen) atoms. The molecule has 2 N–H and O–H groups in total. The second-order valence-corrected chi connectivity index (χ2v) is 26.3. The number of fused-ring (bicyclic) bond motifs is 2. The number of aromatic nitrogens is 4. The summed E-state index contributed by atoms with van der Waals surface area (Å²) in [7, 11) is 0. The number of ether oxygens (including phenoxy) is 2. The van der Waals surface area contributed by atoms with E-state index in [1.165, 1.54) is 34.8 Å². The fourth-order valence-corrected chi connectivity index (χ4v) is 16.5. The number of aromatic carboxylic acids is 2. The Bertz CT molecular complexity index is 3810. The SMILES string of the molecule is C[C@@H]1CC2(CC(OCc3c(-c4c(Cl)ccc(C5CC5c5onc(-c6c(Cl)cccc6Cl)c5COC5CC6(CCN(c7nc8c(F)cc(C(=O)O)cc8s7)C6)C5)c4Cl)noc3C3CC3)C2)CN1c1nc2c(F)cc(C(=O)O)cc2s1. The molecule has 6 aliphatic rings. The van der Waals surface area contributed by atoms with Crippen molar-refractivity contribution in [1.82, 2.24) is 20.3 Å². The Balaban J connectivity index is 0.667. The van der Waals surface area contributed by atoms with Crippen LogP contribution >= 0.6 is 69.1 Å². The van der Waals surface area contributed by atoms with Crippen LogP contribution in [0.15, 0.2) is 63.6 Å². The van der Waals surface area contributed by atoms with E-state index in [9.17, 15) is 28.6 Å². The molecule has 0 bridgehead atoms. The van der Waals surface area contributed by atoms with Gasteiger partial charge < -0.3 is 38.5 Å². The summed E-state index contributed by atoms with van der Waals surface area (Å²) in [6.45, 7) is 4.85. The maximum Gasteiger partial charge on any atom is 0.335 e. The highest BCUT2D eigenvalue weighted by molar-refractivity contribution is 7.22. The van der Waals surface area contributed by atoms with Crippen molar-refractivity contribution >= 4 is 112 Å². The number of carboxylic acid groups (broad SMARTS) is 2. The summed E-state index contributed by atoms with van der Waals surface area (Å²) in [4.78, 5) is 36.8. The van der Waals surface area contributed by atoms with Crippen molar-refractivity contribution in [3.8, 4) is 22.5 Å². The van der Waals surface area contributed by atoms with Gasteiger partial charge in [-0.15, -0.1) is 0 Å². The van der Waals surface area contributed by atoms with Crippen LogP contribution in [0.5, 0.6) is 0 Å². The summed E-state index contributed by atoms with van der Waals surface area (Å²) >= 11 is 30.8. The van der Waals surface area contributed by atoms with E-state index in [1.807, 2.05) is 12.1 Å². The second-order valence-electron chi connectivity index (χ2n) is 22.6. The van der Waals surface area contributed by atoms with Crippen molar-refractivity contribution in [3.63, 3.8) is 0 Å². The molecule has 4 saturated carbocycles. The highest BCUT2D eigenvalue weighted by Gasteiger charge is 2.53. The fraction of sp³-hybridized carbons (Fsp3) is 0.404. The monoisotopic (exact) mass is 1190 g/mol. The first-order valence-corrected chi connectivity index (χ1v) is 29.5. The summed E-state index contributed by atoms with van der Waals surface area (Å²) in [5.74, 6) is -2.09. The Labute approximate surface area is 478 Å². The molecule has 3 atom stereocenters. The molecule has 14 rings (SSSR count). The van der Waals surface area contributed by atoms with Crippen LogP contribution in [-0.4, -0.2) is 80.3 Å². The Morgan fingerprint density at radius 2 is 1.29 bits per heavy atom. The maximum absolute atomic E-state index is 14.9. The van der Waals surface area contributed by atoms with Gasteiger partial charge in [-0.3, -0.25) is 0 Å². The zero-order valence-corrected chi connectivity index (χ0v) is 46.8. The lowest BCUT2D eigenvalue weighted by Gasteiger charge is -2.44. The first-order chi connectivity index (χ1) is 38.0. The van der Waals surface area contributed by atoms with E-state index in [0.717, 1.165) is 112 Å². The van der Waals surface area contributed by atoms with E-state index in [1.54, 1.807) is 18.2 Å². The summed E-state index contributed by atoms with van der Waals surface area (Å²) in [6.07, 6.45) is 7.79. The predicted molar refractivity (Wildman–Crippen MR) is 298 cm³/mol. The average molecular weight is 1190 g/mol. The summed E-state index contributed by atoms with van der Waals surface area (Å²) in [5, 5.41) is 31.3. The van der Waals surface area contributed by atoms with Crippen LogP contribution in [0.2, 0.25) is 20.1 Å². The van der Waals surface area contributed by atoms with Gasteiger partial charge in [0.1, 0.15) is 33.9 Å².